The number of anilines is 1. The molecular weight excluding hydrogens is 424 g/mol. The Morgan fingerprint density at radius 2 is 1.47 bits per heavy atom. The number of hydrogen-bond acceptors (Lipinski definition) is 5. The maximum Gasteiger partial charge on any atom is 0.292 e. The first-order valence-electron chi connectivity index (χ1n) is 9.81. The molecule has 0 aliphatic rings. The molecule has 156 valence electrons. The van der Waals surface area contributed by atoms with Gasteiger partial charge in [0.1, 0.15) is 5.69 Å². The van der Waals surface area contributed by atoms with Crippen LogP contribution in [0.2, 0.25) is 0 Å². The number of hydrogen-bond donors (Lipinski definition) is 1. The Morgan fingerprint density at radius 3 is 2.25 bits per heavy atom. The van der Waals surface area contributed by atoms with Crippen molar-refractivity contribution in [3.8, 4) is 0 Å². The van der Waals surface area contributed by atoms with Crippen LogP contribution in [0, 0.1) is 4.91 Å². The van der Waals surface area contributed by atoms with Crippen molar-refractivity contribution in [2.45, 2.75) is 9.92 Å². The minimum absolute atomic E-state index is 0.0417. The van der Waals surface area contributed by atoms with Gasteiger partial charge in [0, 0.05) is 35.3 Å². The van der Waals surface area contributed by atoms with E-state index >= 15 is 0 Å². The number of aromatic nitrogens is 2. The zero-order chi connectivity index (χ0) is 22.1. The molecule has 1 N–H and O–H groups in total. The lowest BCUT2D eigenvalue weighted by atomic mass is 10.0. The van der Waals surface area contributed by atoms with E-state index in [0.717, 1.165) is 21.7 Å². The van der Waals surface area contributed by atoms with E-state index in [1.165, 1.54) is 36.5 Å². The molecule has 0 unspecified atom stereocenters. The molecule has 0 aliphatic heterocycles. The molecular formula is C24H17N4O3S+. The molecule has 2 heterocycles. The molecule has 8 heteroatoms. The van der Waals surface area contributed by atoms with E-state index in [4.69, 9.17) is 0 Å². The minimum atomic E-state index is -3.75. The number of nitrogens with zero attached hydrogens (tertiary/aromatic N) is 3. The van der Waals surface area contributed by atoms with Gasteiger partial charge in [-0.15, -0.1) is 5.43 Å². The summed E-state index contributed by atoms with van der Waals surface area (Å²) in [4.78, 5) is 21.9. The summed E-state index contributed by atoms with van der Waals surface area (Å²) >= 11 is 0. The molecule has 5 aromatic rings. The van der Waals surface area contributed by atoms with E-state index in [2.05, 4.69) is 15.4 Å². The normalized spacial score (nSPS) is 11.5. The zero-order valence-corrected chi connectivity index (χ0v) is 17.5. The number of sulfone groups is 1. The average molecular weight is 441 g/mol. The second-order valence-corrected chi connectivity index (χ2v) is 9.01. The van der Waals surface area contributed by atoms with E-state index in [1.54, 1.807) is 24.4 Å². The monoisotopic (exact) mass is 441 g/mol. The van der Waals surface area contributed by atoms with Gasteiger partial charge < -0.3 is 0 Å². The van der Waals surface area contributed by atoms with Crippen LogP contribution in [-0.4, -0.2) is 23.3 Å². The van der Waals surface area contributed by atoms with Crippen molar-refractivity contribution >= 4 is 42.9 Å². The molecule has 5 rings (SSSR count). The highest BCUT2D eigenvalue weighted by atomic mass is 32.2. The van der Waals surface area contributed by atoms with Crippen molar-refractivity contribution in [1.29, 1.82) is 0 Å². The predicted octanol–water partition coefficient (Wildman–Crippen LogP) is 5.05. The molecule has 0 amide bonds. The lowest BCUT2D eigenvalue weighted by molar-refractivity contribution is -0.427. The van der Waals surface area contributed by atoms with Gasteiger partial charge in [0.15, 0.2) is 9.89 Å². The molecule has 0 spiro atoms. The van der Waals surface area contributed by atoms with Gasteiger partial charge in [-0.05, 0) is 41.8 Å². The number of rotatable bonds is 5. The Morgan fingerprint density at radius 1 is 0.719 bits per heavy atom. The fourth-order valence-electron chi connectivity index (χ4n) is 3.57. The van der Waals surface area contributed by atoms with Crippen LogP contribution in [0.4, 0.5) is 11.4 Å². The fraction of sp³-hybridized carbons (Fsp3) is 0. The number of benzene rings is 3. The number of hydrazine groups is 1. The van der Waals surface area contributed by atoms with Crippen molar-refractivity contribution in [3.05, 3.63) is 102 Å². The smallest absolute Gasteiger partial charge is 0.256 e. The second kappa shape index (κ2) is 7.82. The first-order chi connectivity index (χ1) is 15.5. The van der Waals surface area contributed by atoms with Crippen molar-refractivity contribution in [3.63, 3.8) is 0 Å². The predicted molar refractivity (Wildman–Crippen MR) is 122 cm³/mol. The summed E-state index contributed by atoms with van der Waals surface area (Å²) in [7, 11) is -3.75. The van der Waals surface area contributed by atoms with Gasteiger partial charge >= 0.3 is 0 Å². The summed E-state index contributed by atoms with van der Waals surface area (Å²) in [5.74, 6) is 0. The Balaban J connectivity index is 1.47. The number of nitroso groups, excluding NO2 is 1. The van der Waals surface area contributed by atoms with Crippen LogP contribution in [0.15, 0.2) is 107 Å². The van der Waals surface area contributed by atoms with Crippen LogP contribution in [-0.2, 0) is 9.84 Å². The van der Waals surface area contributed by atoms with Crippen LogP contribution < -0.4 is 5.43 Å². The quantitative estimate of drug-likeness (QED) is 0.233. The molecule has 0 aliphatic carbocycles. The zero-order valence-electron chi connectivity index (χ0n) is 16.7. The Labute approximate surface area is 183 Å². The van der Waals surface area contributed by atoms with E-state index in [0.29, 0.717) is 10.6 Å². The van der Waals surface area contributed by atoms with E-state index in [-0.39, 0.29) is 15.6 Å². The van der Waals surface area contributed by atoms with Crippen LogP contribution in [0.25, 0.3) is 21.7 Å². The van der Waals surface area contributed by atoms with Crippen molar-refractivity contribution in [2.24, 2.45) is 0 Å². The van der Waals surface area contributed by atoms with Crippen LogP contribution in [0.1, 0.15) is 0 Å². The lowest BCUT2D eigenvalue weighted by Crippen LogP contribution is -2.11. The van der Waals surface area contributed by atoms with E-state index in [1.807, 2.05) is 36.4 Å². The van der Waals surface area contributed by atoms with Gasteiger partial charge in [-0.3, -0.25) is 4.98 Å². The molecule has 0 atom stereocenters. The van der Waals surface area contributed by atoms with Crippen LogP contribution in [0.3, 0.4) is 0 Å². The molecule has 0 saturated carbocycles. The molecule has 0 fully saturated rings. The number of fused-ring (bicyclic) bond motifs is 3. The van der Waals surface area contributed by atoms with E-state index < -0.39 is 9.84 Å². The van der Waals surface area contributed by atoms with Crippen LogP contribution >= 0.6 is 0 Å². The third-order valence-corrected chi connectivity index (χ3v) is 6.82. The molecule has 3 aromatic carbocycles. The summed E-state index contributed by atoms with van der Waals surface area (Å²) in [6, 6.07) is 23.8. The van der Waals surface area contributed by atoms with Crippen LogP contribution in [0.5, 0.6) is 0 Å². The highest BCUT2D eigenvalue weighted by molar-refractivity contribution is 7.91. The van der Waals surface area contributed by atoms with Gasteiger partial charge in [-0.25, -0.2) is 13.4 Å². The topological polar surface area (TPSA) is 92.0 Å². The van der Waals surface area contributed by atoms with Crippen molar-refractivity contribution in [1.82, 2.24) is 9.97 Å². The number of nitrogens with one attached hydrogen (secondary N) is 1. The van der Waals surface area contributed by atoms with Crippen molar-refractivity contribution in [2.75, 3.05) is 5.43 Å². The van der Waals surface area contributed by atoms with E-state index in [9.17, 15) is 13.3 Å². The maximum absolute atomic E-state index is 12.8. The third kappa shape index (κ3) is 3.46. The Bertz CT molecular complexity index is 1570. The van der Waals surface area contributed by atoms with Gasteiger partial charge in [0.2, 0.25) is 9.84 Å². The maximum atomic E-state index is 12.8. The summed E-state index contributed by atoms with van der Waals surface area (Å²) in [6.45, 7) is 0. The molecule has 32 heavy (non-hydrogen) atoms. The second-order valence-electron chi connectivity index (χ2n) is 7.12. The summed E-state index contributed by atoms with van der Waals surface area (Å²) < 4.78 is 25.4. The summed E-state index contributed by atoms with van der Waals surface area (Å²) in [5, 5.41) is 2.71. The summed E-state index contributed by atoms with van der Waals surface area (Å²) in [6.07, 6.45) is 3.14. The average Bonchev–Trinajstić information content (AvgIpc) is 2.84. The highest BCUT2D eigenvalue weighted by Crippen LogP contribution is 2.31. The SMILES string of the molecule is O=[N+](Nc1cccc2ccc3cccnc3c12)c1ccc(S(=O)(=O)c2ccccn2)cc1. The molecule has 0 saturated heterocycles. The summed E-state index contributed by atoms with van der Waals surface area (Å²) in [5.41, 5.74) is 4.51. The molecule has 0 radical (unpaired) electrons. The first-order valence-corrected chi connectivity index (χ1v) is 11.3. The molecule has 0 bridgehead atoms. The largest absolute Gasteiger partial charge is 0.292 e. The highest BCUT2D eigenvalue weighted by Gasteiger charge is 2.22. The fourth-order valence-corrected chi connectivity index (χ4v) is 4.76. The minimum Gasteiger partial charge on any atom is -0.256 e. The molecule has 2 aromatic heterocycles. The Kier molecular flexibility index (Phi) is 4.84. The van der Waals surface area contributed by atoms with Gasteiger partial charge in [0.25, 0.3) is 5.69 Å². The first kappa shape index (κ1) is 19.8. The Hall–Kier alpha value is -4.17. The van der Waals surface area contributed by atoms with Gasteiger partial charge in [-0.1, -0.05) is 36.4 Å². The molecule has 7 nitrogen and oxygen atoms in total. The van der Waals surface area contributed by atoms with Gasteiger partial charge in [0.05, 0.1) is 15.3 Å². The standard InChI is InChI=1S/C24H17N4O3S/c29-28(19-11-13-20(14-12-19)32(30,31)22-8-1-2-15-25-22)27-21-7-3-5-17-9-10-18-6-4-16-26-24(18)23(17)21/h1-16H,(H,27,29)/q+1. The lowest BCUT2D eigenvalue weighted by Gasteiger charge is -2.07. The van der Waals surface area contributed by atoms with Gasteiger partial charge in [-0.2, -0.15) is 0 Å². The van der Waals surface area contributed by atoms with Crippen molar-refractivity contribution < 1.29 is 13.3 Å². The number of pyridine rings is 2. The third-order valence-electron chi connectivity index (χ3n) is 5.13.